The maximum atomic E-state index is 11.2. The zero-order valence-electron chi connectivity index (χ0n) is 6.93. The molecule has 0 bridgehead atoms. The number of carbonyl (C=O) groups excluding carboxylic acids is 1. The summed E-state index contributed by atoms with van der Waals surface area (Å²) in [6.07, 6.45) is 3.08. The zero-order valence-corrected chi connectivity index (χ0v) is 6.93. The highest BCUT2D eigenvalue weighted by Gasteiger charge is 2.02. The van der Waals surface area contributed by atoms with Crippen molar-refractivity contribution in [3.8, 4) is 0 Å². The van der Waals surface area contributed by atoms with Crippen molar-refractivity contribution in [3.05, 3.63) is 30.1 Å². The standard InChI is InChI=1S/C8H10N2O3/c11-8(10-5-6-13-12)7-1-3-9-4-2-7/h1-4,12H,5-6H2,(H,10,11). The molecule has 13 heavy (non-hydrogen) atoms. The molecular weight excluding hydrogens is 172 g/mol. The minimum Gasteiger partial charge on any atom is -0.350 e. The van der Waals surface area contributed by atoms with Gasteiger partial charge in [0.1, 0.15) is 0 Å². The van der Waals surface area contributed by atoms with Crippen LogP contribution in [0.5, 0.6) is 0 Å². The molecule has 5 nitrogen and oxygen atoms in total. The molecule has 0 aliphatic heterocycles. The summed E-state index contributed by atoms with van der Waals surface area (Å²) in [6, 6.07) is 3.21. The largest absolute Gasteiger partial charge is 0.350 e. The van der Waals surface area contributed by atoms with Gasteiger partial charge in [-0.05, 0) is 12.1 Å². The van der Waals surface area contributed by atoms with Gasteiger partial charge >= 0.3 is 0 Å². The molecule has 5 heteroatoms. The first-order chi connectivity index (χ1) is 6.34. The van der Waals surface area contributed by atoms with Gasteiger partial charge in [-0.15, -0.1) is 0 Å². The van der Waals surface area contributed by atoms with Crippen LogP contribution in [0.2, 0.25) is 0 Å². The van der Waals surface area contributed by atoms with Crippen molar-refractivity contribution in [2.45, 2.75) is 0 Å². The van der Waals surface area contributed by atoms with Crippen molar-refractivity contribution < 1.29 is 14.9 Å². The lowest BCUT2D eigenvalue weighted by Crippen LogP contribution is -2.26. The van der Waals surface area contributed by atoms with Gasteiger partial charge in [0.2, 0.25) is 0 Å². The predicted molar refractivity (Wildman–Crippen MR) is 45.2 cm³/mol. The van der Waals surface area contributed by atoms with Crippen LogP contribution in [0.1, 0.15) is 10.4 Å². The maximum Gasteiger partial charge on any atom is 0.251 e. The molecule has 0 spiro atoms. The van der Waals surface area contributed by atoms with Crippen LogP contribution in [0.15, 0.2) is 24.5 Å². The molecule has 0 aliphatic rings. The number of nitrogens with one attached hydrogen (secondary N) is 1. The topological polar surface area (TPSA) is 71.5 Å². The number of rotatable bonds is 4. The van der Waals surface area contributed by atoms with E-state index in [0.717, 1.165) is 0 Å². The van der Waals surface area contributed by atoms with E-state index in [-0.39, 0.29) is 19.1 Å². The van der Waals surface area contributed by atoms with Gasteiger partial charge in [0.05, 0.1) is 6.61 Å². The van der Waals surface area contributed by atoms with Crippen molar-refractivity contribution in [1.82, 2.24) is 10.3 Å². The first kappa shape index (κ1) is 9.63. The van der Waals surface area contributed by atoms with Crippen molar-refractivity contribution >= 4 is 5.91 Å². The summed E-state index contributed by atoms with van der Waals surface area (Å²) in [5.74, 6) is -0.209. The summed E-state index contributed by atoms with van der Waals surface area (Å²) < 4.78 is 0. The molecule has 2 N–H and O–H groups in total. The fraction of sp³-hybridized carbons (Fsp3) is 0.250. The quantitative estimate of drug-likeness (QED) is 0.399. The Morgan fingerprint density at radius 3 is 2.85 bits per heavy atom. The molecular formula is C8H10N2O3. The minimum absolute atomic E-state index is 0.0802. The average Bonchev–Trinajstić information content (AvgIpc) is 2.19. The van der Waals surface area contributed by atoms with E-state index >= 15 is 0 Å². The monoisotopic (exact) mass is 182 g/mol. The van der Waals surface area contributed by atoms with Gasteiger partial charge in [-0.3, -0.25) is 15.0 Å². The second-order valence-corrected chi connectivity index (χ2v) is 2.33. The molecule has 0 radical (unpaired) electrons. The lowest BCUT2D eigenvalue weighted by molar-refractivity contribution is -0.240. The molecule has 0 unspecified atom stereocenters. The van der Waals surface area contributed by atoms with Crippen LogP contribution in [-0.2, 0) is 4.89 Å². The molecule has 0 saturated carbocycles. The van der Waals surface area contributed by atoms with Crippen LogP contribution in [0, 0.1) is 0 Å². The van der Waals surface area contributed by atoms with Crippen molar-refractivity contribution in [2.75, 3.05) is 13.2 Å². The molecule has 0 aromatic carbocycles. The Hall–Kier alpha value is -1.46. The van der Waals surface area contributed by atoms with E-state index in [4.69, 9.17) is 5.26 Å². The van der Waals surface area contributed by atoms with E-state index < -0.39 is 0 Å². The van der Waals surface area contributed by atoms with Gasteiger partial charge < -0.3 is 5.32 Å². The Labute approximate surface area is 75.3 Å². The highest BCUT2D eigenvalue weighted by Crippen LogP contribution is 1.94. The third kappa shape index (κ3) is 3.18. The minimum atomic E-state index is -0.209. The molecule has 1 rings (SSSR count). The van der Waals surface area contributed by atoms with Crippen LogP contribution in [0.3, 0.4) is 0 Å². The van der Waals surface area contributed by atoms with Crippen LogP contribution in [0.25, 0.3) is 0 Å². The summed E-state index contributed by atoms with van der Waals surface area (Å²) in [5.41, 5.74) is 0.535. The summed E-state index contributed by atoms with van der Waals surface area (Å²) in [4.78, 5) is 18.8. The van der Waals surface area contributed by atoms with Crippen LogP contribution in [0.4, 0.5) is 0 Å². The lowest BCUT2D eigenvalue weighted by Gasteiger charge is -2.02. The lowest BCUT2D eigenvalue weighted by atomic mass is 10.2. The molecule has 1 aromatic heterocycles. The smallest absolute Gasteiger partial charge is 0.251 e. The summed E-state index contributed by atoms with van der Waals surface area (Å²) >= 11 is 0. The average molecular weight is 182 g/mol. The number of amides is 1. The molecule has 0 aliphatic carbocycles. The van der Waals surface area contributed by atoms with E-state index in [1.807, 2.05) is 0 Å². The van der Waals surface area contributed by atoms with Crippen LogP contribution in [-0.4, -0.2) is 29.3 Å². The van der Waals surface area contributed by atoms with E-state index in [0.29, 0.717) is 5.56 Å². The maximum absolute atomic E-state index is 11.2. The van der Waals surface area contributed by atoms with Gasteiger partial charge in [-0.25, -0.2) is 4.89 Å². The first-order valence-electron chi connectivity index (χ1n) is 3.79. The highest BCUT2D eigenvalue weighted by atomic mass is 17.1. The van der Waals surface area contributed by atoms with Gasteiger partial charge in [-0.1, -0.05) is 0 Å². The second kappa shape index (κ2) is 5.23. The Balaban J connectivity index is 2.40. The third-order valence-electron chi connectivity index (χ3n) is 1.42. The summed E-state index contributed by atoms with van der Waals surface area (Å²) in [6.45, 7) is 0.356. The molecule has 1 aromatic rings. The Morgan fingerprint density at radius 2 is 2.23 bits per heavy atom. The van der Waals surface area contributed by atoms with Crippen LogP contribution < -0.4 is 5.32 Å². The molecule has 1 amide bonds. The molecule has 0 fully saturated rings. The number of pyridine rings is 1. The van der Waals surface area contributed by atoms with E-state index in [9.17, 15) is 4.79 Å². The predicted octanol–water partition coefficient (Wildman–Crippen LogP) is 0.301. The molecule has 0 atom stereocenters. The van der Waals surface area contributed by atoms with Crippen molar-refractivity contribution in [2.24, 2.45) is 0 Å². The van der Waals surface area contributed by atoms with Gasteiger partial charge in [0.25, 0.3) is 5.91 Å². The van der Waals surface area contributed by atoms with Gasteiger partial charge in [0.15, 0.2) is 0 Å². The summed E-state index contributed by atoms with van der Waals surface area (Å²) in [7, 11) is 0. The fourth-order valence-electron chi connectivity index (χ4n) is 0.816. The van der Waals surface area contributed by atoms with E-state index in [1.165, 1.54) is 12.4 Å². The normalized spacial score (nSPS) is 9.62. The fourth-order valence-corrected chi connectivity index (χ4v) is 0.816. The third-order valence-corrected chi connectivity index (χ3v) is 1.42. The Morgan fingerprint density at radius 1 is 1.54 bits per heavy atom. The molecule has 70 valence electrons. The Kier molecular flexibility index (Phi) is 3.87. The number of aromatic nitrogens is 1. The van der Waals surface area contributed by atoms with Gasteiger partial charge in [0, 0.05) is 24.5 Å². The van der Waals surface area contributed by atoms with E-state index in [2.05, 4.69) is 15.2 Å². The SMILES string of the molecule is O=C(NCCOO)c1ccncc1. The molecule has 1 heterocycles. The molecule has 0 saturated heterocycles. The number of nitrogens with zero attached hydrogens (tertiary/aromatic N) is 1. The number of hydrogen-bond donors (Lipinski definition) is 2. The first-order valence-corrected chi connectivity index (χ1v) is 3.79. The number of carbonyl (C=O) groups is 1. The van der Waals surface area contributed by atoms with Crippen LogP contribution >= 0.6 is 0 Å². The highest BCUT2D eigenvalue weighted by molar-refractivity contribution is 5.93. The summed E-state index contributed by atoms with van der Waals surface area (Å²) in [5, 5.41) is 10.5. The second-order valence-electron chi connectivity index (χ2n) is 2.33. The van der Waals surface area contributed by atoms with Crippen molar-refractivity contribution in [1.29, 1.82) is 0 Å². The van der Waals surface area contributed by atoms with E-state index in [1.54, 1.807) is 12.1 Å². The Bertz CT molecular complexity index is 263. The van der Waals surface area contributed by atoms with Gasteiger partial charge in [-0.2, -0.15) is 0 Å². The zero-order chi connectivity index (χ0) is 9.52. The van der Waals surface area contributed by atoms with Crippen molar-refractivity contribution in [3.63, 3.8) is 0 Å². The number of hydrogen-bond acceptors (Lipinski definition) is 4.